The van der Waals surface area contributed by atoms with Crippen LogP contribution in [-0.2, 0) is 4.79 Å². The minimum absolute atomic E-state index is 0.0601. The lowest BCUT2D eigenvalue weighted by atomic mass is 10.0. The third kappa shape index (κ3) is 1.79. The van der Waals surface area contributed by atoms with Gasteiger partial charge in [0.2, 0.25) is 0 Å². The van der Waals surface area contributed by atoms with Crippen LogP contribution in [-0.4, -0.2) is 28.6 Å². The number of aromatic nitrogens is 1. The van der Waals surface area contributed by atoms with Gasteiger partial charge < -0.3 is 10.0 Å². The molecule has 2 heterocycles. The van der Waals surface area contributed by atoms with E-state index < -0.39 is 5.97 Å². The summed E-state index contributed by atoms with van der Waals surface area (Å²) in [5, 5.41) is 9.01. The third-order valence-corrected chi connectivity index (χ3v) is 3.07. The van der Waals surface area contributed by atoms with E-state index >= 15 is 0 Å². The first-order valence-electron chi connectivity index (χ1n) is 5.09. The molecule has 1 saturated heterocycles. The van der Waals surface area contributed by atoms with Crippen LogP contribution in [0.5, 0.6) is 0 Å². The average molecular weight is 206 g/mol. The topological polar surface area (TPSA) is 53.4 Å². The lowest BCUT2D eigenvalue weighted by molar-refractivity contribution is -0.141. The van der Waals surface area contributed by atoms with Crippen molar-refractivity contribution in [3.05, 3.63) is 24.5 Å². The zero-order chi connectivity index (χ0) is 10.8. The van der Waals surface area contributed by atoms with Crippen LogP contribution in [0, 0.1) is 5.92 Å². The fourth-order valence-electron chi connectivity index (χ4n) is 2.17. The van der Waals surface area contributed by atoms with E-state index in [0.717, 1.165) is 18.7 Å². The SMILES string of the molecule is CC1C(C(=O)O)CCN1c1ccncc1. The van der Waals surface area contributed by atoms with Gasteiger partial charge in [0, 0.05) is 30.7 Å². The third-order valence-electron chi connectivity index (χ3n) is 3.07. The summed E-state index contributed by atoms with van der Waals surface area (Å²) in [4.78, 5) is 17.0. The summed E-state index contributed by atoms with van der Waals surface area (Å²) < 4.78 is 0. The second-order valence-corrected chi connectivity index (χ2v) is 3.87. The van der Waals surface area contributed by atoms with Crippen LogP contribution >= 0.6 is 0 Å². The predicted molar refractivity (Wildman–Crippen MR) is 56.8 cm³/mol. The maximum Gasteiger partial charge on any atom is 0.308 e. The Bertz CT molecular complexity index is 353. The first-order valence-corrected chi connectivity index (χ1v) is 5.09. The molecule has 1 N–H and O–H groups in total. The molecular formula is C11H14N2O2. The van der Waals surface area contributed by atoms with Crippen LogP contribution in [0.25, 0.3) is 0 Å². The zero-order valence-corrected chi connectivity index (χ0v) is 8.63. The number of rotatable bonds is 2. The van der Waals surface area contributed by atoms with Crippen molar-refractivity contribution in [2.45, 2.75) is 19.4 Å². The molecule has 0 aromatic carbocycles. The van der Waals surface area contributed by atoms with E-state index in [-0.39, 0.29) is 12.0 Å². The molecule has 1 aromatic heterocycles. The molecule has 15 heavy (non-hydrogen) atoms. The molecular weight excluding hydrogens is 192 g/mol. The number of carbonyl (C=O) groups is 1. The molecule has 1 aliphatic heterocycles. The number of nitrogens with zero attached hydrogens (tertiary/aromatic N) is 2. The van der Waals surface area contributed by atoms with Crippen molar-refractivity contribution in [2.75, 3.05) is 11.4 Å². The van der Waals surface area contributed by atoms with Crippen molar-refractivity contribution in [3.8, 4) is 0 Å². The first kappa shape index (κ1) is 9.96. The van der Waals surface area contributed by atoms with Crippen LogP contribution in [0.1, 0.15) is 13.3 Å². The molecule has 80 valence electrons. The van der Waals surface area contributed by atoms with Gasteiger partial charge >= 0.3 is 5.97 Å². The van der Waals surface area contributed by atoms with E-state index in [2.05, 4.69) is 9.88 Å². The van der Waals surface area contributed by atoms with Crippen LogP contribution in [0.15, 0.2) is 24.5 Å². The molecule has 0 spiro atoms. The predicted octanol–water partition coefficient (Wildman–Crippen LogP) is 1.38. The van der Waals surface area contributed by atoms with Gasteiger partial charge in [-0.25, -0.2) is 0 Å². The zero-order valence-electron chi connectivity index (χ0n) is 8.63. The van der Waals surface area contributed by atoms with Crippen LogP contribution in [0.2, 0.25) is 0 Å². The summed E-state index contributed by atoms with van der Waals surface area (Å²) in [5.41, 5.74) is 1.06. The molecule has 4 heteroatoms. The number of carboxylic acids is 1. The Kier molecular flexibility index (Phi) is 2.58. The maximum absolute atomic E-state index is 10.9. The molecule has 0 aliphatic carbocycles. The van der Waals surface area contributed by atoms with Gasteiger partial charge in [-0.05, 0) is 25.5 Å². The van der Waals surface area contributed by atoms with Gasteiger partial charge in [0.15, 0.2) is 0 Å². The highest BCUT2D eigenvalue weighted by molar-refractivity contribution is 5.73. The molecule has 2 atom stereocenters. The van der Waals surface area contributed by atoms with E-state index in [1.165, 1.54) is 0 Å². The van der Waals surface area contributed by atoms with Gasteiger partial charge in [-0.3, -0.25) is 9.78 Å². The first-order chi connectivity index (χ1) is 7.20. The molecule has 0 saturated carbocycles. The van der Waals surface area contributed by atoms with Crippen LogP contribution in [0.3, 0.4) is 0 Å². The minimum Gasteiger partial charge on any atom is -0.481 e. The fraction of sp³-hybridized carbons (Fsp3) is 0.455. The van der Waals surface area contributed by atoms with Gasteiger partial charge in [-0.2, -0.15) is 0 Å². The molecule has 1 aliphatic rings. The van der Waals surface area contributed by atoms with Crippen LogP contribution in [0.4, 0.5) is 5.69 Å². The van der Waals surface area contributed by atoms with Gasteiger partial charge in [0.1, 0.15) is 0 Å². The molecule has 1 aromatic rings. The molecule has 4 nitrogen and oxygen atoms in total. The van der Waals surface area contributed by atoms with Gasteiger partial charge in [-0.15, -0.1) is 0 Å². The van der Waals surface area contributed by atoms with Crippen molar-refractivity contribution < 1.29 is 9.90 Å². The summed E-state index contributed by atoms with van der Waals surface area (Å²) in [7, 11) is 0. The Hall–Kier alpha value is -1.58. The van der Waals surface area contributed by atoms with E-state index in [4.69, 9.17) is 5.11 Å². The highest BCUT2D eigenvalue weighted by Gasteiger charge is 2.35. The van der Waals surface area contributed by atoms with Crippen molar-refractivity contribution in [1.82, 2.24) is 4.98 Å². The summed E-state index contributed by atoms with van der Waals surface area (Å²) in [6, 6.07) is 3.89. The van der Waals surface area contributed by atoms with Gasteiger partial charge in [0.05, 0.1) is 5.92 Å². The number of hydrogen-bond acceptors (Lipinski definition) is 3. The number of pyridine rings is 1. The lowest BCUT2D eigenvalue weighted by Crippen LogP contribution is -2.32. The molecule has 0 bridgehead atoms. The largest absolute Gasteiger partial charge is 0.481 e. The number of anilines is 1. The van der Waals surface area contributed by atoms with Crippen molar-refractivity contribution >= 4 is 11.7 Å². The summed E-state index contributed by atoms with van der Waals surface area (Å²) >= 11 is 0. The normalized spacial score (nSPS) is 25.5. The highest BCUT2D eigenvalue weighted by Crippen LogP contribution is 2.29. The Morgan fingerprint density at radius 1 is 1.53 bits per heavy atom. The fourth-order valence-corrected chi connectivity index (χ4v) is 2.17. The molecule has 0 radical (unpaired) electrons. The Morgan fingerprint density at radius 2 is 2.20 bits per heavy atom. The lowest BCUT2D eigenvalue weighted by Gasteiger charge is -2.25. The molecule has 0 amide bonds. The minimum atomic E-state index is -0.695. The van der Waals surface area contributed by atoms with Crippen LogP contribution < -0.4 is 4.90 Å². The average Bonchev–Trinajstić information content (AvgIpc) is 2.61. The smallest absolute Gasteiger partial charge is 0.308 e. The van der Waals surface area contributed by atoms with Gasteiger partial charge in [0.25, 0.3) is 0 Å². The molecule has 1 fully saturated rings. The summed E-state index contributed by atoms with van der Waals surface area (Å²) in [6.07, 6.45) is 4.19. The Labute approximate surface area is 88.6 Å². The second kappa shape index (κ2) is 3.88. The number of aliphatic carboxylic acids is 1. The highest BCUT2D eigenvalue weighted by atomic mass is 16.4. The van der Waals surface area contributed by atoms with E-state index in [1.807, 2.05) is 19.1 Å². The summed E-state index contributed by atoms with van der Waals surface area (Å²) in [5.74, 6) is -0.947. The summed E-state index contributed by atoms with van der Waals surface area (Å²) in [6.45, 7) is 2.77. The Balaban J connectivity index is 2.17. The standard InChI is InChI=1S/C11H14N2O2/c1-8-10(11(14)15)4-7-13(8)9-2-5-12-6-3-9/h2-3,5-6,8,10H,4,7H2,1H3,(H,14,15). The van der Waals surface area contributed by atoms with Crippen molar-refractivity contribution in [1.29, 1.82) is 0 Å². The number of carboxylic acid groups (broad SMARTS) is 1. The quantitative estimate of drug-likeness (QED) is 0.794. The Morgan fingerprint density at radius 3 is 2.73 bits per heavy atom. The van der Waals surface area contributed by atoms with E-state index in [1.54, 1.807) is 12.4 Å². The van der Waals surface area contributed by atoms with Gasteiger partial charge in [-0.1, -0.05) is 0 Å². The second-order valence-electron chi connectivity index (χ2n) is 3.87. The molecule has 2 unspecified atom stereocenters. The van der Waals surface area contributed by atoms with E-state index in [9.17, 15) is 4.79 Å². The number of hydrogen-bond donors (Lipinski definition) is 1. The molecule has 2 rings (SSSR count). The maximum atomic E-state index is 10.9. The van der Waals surface area contributed by atoms with Crippen molar-refractivity contribution in [3.63, 3.8) is 0 Å². The van der Waals surface area contributed by atoms with Crippen molar-refractivity contribution in [2.24, 2.45) is 5.92 Å². The monoisotopic (exact) mass is 206 g/mol. The van der Waals surface area contributed by atoms with E-state index in [0.29, 0.717) is 0 Å².